The molecule has 0 saturated carbocycles. The van der Waals surface area contributed by atoms with Crippen molar-refractivity contribution in [1.29, 1.82) is 0 Å². The molecule has 1 aliphatic carbocycles. The summed E-state index contributed by atoms with van der Waals surface area (Å²) in [6.07, 6.45) is 5.31. The van der Waals surface area contributed by atoms with Crippen LogP contribution in [0.25, 0.3) is 0 Å². The van der Waals surface area contributed by atoms with Crippen LogP contribution in [0.1, 0.15) is 17.5 Å². The number of hydrogen-bond donors (Lipinski definition) is 2. The van der Waals surface area contributed by atoms with Gasteiger partial charge < -0.3 is 10.8 Å². The number of nitrogens with two attached hydrogens (primary N) is 1. The quantitative estimate of drug-likeness (QED) is 0.622. The molecule has 0 bridgehead atoms. The van der Waals surface area contributed by atoms with Gasteiger partial charge in [0.1, 0.15) is 0 Å². The smallest absolute Gasteiger partial charge is 0.0653 e. The molecule has 1 heterocycles. The van der Waals surface area contributed by atoms with Gasteiger partial charge in [-0.15, -0.1) is 0 Å². The Morgan fingerprint density at radius 2 is 2.50 bits per heavy atom. The van der Waals surface area contributed by atoms with Crippen molar-refractivity contribution >= 4 is 0 Å². The molecule has 3 nitrogen and oxygen atoms in total. The Balaban J connectivity index is 2.49. The van der Waals surface area contributed by atoms with E-state index in [1.165, 1.54) is 5.56 Å². The Labute approximate surface area is 71.2 Å². The summed E-state index contributed by atoms with van der Waals surface area (Å²) in [4.78, 5) is 4.02. The van der Waals surface area contributed by atoms with Crippen LogP contribution in [0.5, 0.6) is 0 Å². The SMILES string of the molecule is NC1(CO)CCc2cnccc21. The topological polar surface area (TPSA) is 59.1 Å². The Kier molecular flexibility index (Phi) is 1.63. The second kappa shape index (κ2) is 2.54. The van der Waals surface area contributed by atoms with Crippen LogP contribution in [0.4, 0.5) is 0 Å². The van der Waals surface area contributed by atoms with Crippen LogP contribution in [0.15, 0.2) is 18.5 Å². The van der Waals surface area contributed by atoms with Crippen LogP contribution in [-0.2, 0) is 12.0 Å². The normalized spacial score (nSPS) is 27.2. The minimum Gasteiger partial charge on any atom is -0.394 e. The van der Waals surface area contributed by atoms with Crippen LogP contribution in [0.2, 0.25) is 0 Å². The van der Waals surface area contributed by atoms with Crippen molar-refractivity contribution < 1.29 is 5.11 Å². The first kappa shape index (κ1) is 7.71. The Morgan fingerprint density at radius 1 is 1.67 bits per heavy atom. The van der Waals surface area contributed by atoms with Crippen LogP contribution in [-0.4, -0.2) is 16.7 Å². The number of pyridine rings is 1. The molecule has 3 N–H and O–H groups in total. The zero-order chi connectivity index (χ0) is 8.60. The summed E-state index contributed by atoms with van der Waals surface area (Å²) in [5.74, 6) is 0. The van der Waals surface area contributed by atoms with Gasteiger partial charge in [-0.05, 0) is 30.0 Å². The number of hydrogen-bond acceptors (Lipinski definition) is 3. The van der Waals surface area contributed by atoms with Gasteiger partial charge in [-0.2, -0.15) is 0 Å². The van der Waals surface area contributed by atoms with Gasteiger partial charge in [-0.1, -0.05) is 0 Å². The van der Waals surface area contributed by atoms with Gasteiger partial charge in [0.15, 0.2) is 0 Å². The fourth-order valence-electron chi connectivity index (χ4n) is 1.77. The number of aromatic nitrogens is 1. The predicted molar refractivity (Wildman–Crippen MR) is 45.5 cm³/mol. The Morgan fingerprint density at radius 3 is 3.25 bits per heavy atom. The zero-order valence-electron chi connectivity index (χ0n) is 6.83. The molecule has 2 rings (SSSR count). The second-order valence-corrected chi connectivity index (χ2v) is 3.35. The zero-order valence-corrected chi connectivity index (χ0v) is 6.83. The van der Waals surface area contributed by atoms with E-state index in [2.05, 4.69) is 4.98 Å². The lowest BCUT2D eigenvalue weighted by molar-refractivity contribution is 0.197. The van der Waals surface area contributed by atoms with Crippen molar-refractivity contribution in [2.45, 2.75) is 18.4 Å². The standard InChI is InChI=1S/C9H12N2O/c10-9(6-12)3-1-7-5-11-4-2-8(7)9/h2,4-5,12H,1,3,6,10H2. The first-order valence-electron chi connectivity index (χ1n) is 4.09. The average molecular weight is 164 g/mol. The van der Waals surface area contributed by atoms with Crippen molar-refractivity contribution in [2.75, 3.05) is 6.61 Å². The van der Waals surface area contributed by atoms with Crippen LogP contribution < -0.4 is 5.73 Å². The van der Waals surface area contributed by atoms with Gasteiger partial charge in [0.05, 0.1) is 12.1 Å². The highest BCUT2D eigenvalue weighted by molar-refractivity contribution is 5.35. The lowest BCUT2D eigenvalue weighted by atomic mass is 9.95. The molecule has 0 saturated heterocycles. The molecule has 64 valence electrons. The maximum atomic E-state index is 9.13. The third kappa shape index (κ3) is 0.940. The van der Waals surface area contributed by atoms with E-state index in [4.69, 9.17) is 10.8 Å². The highest BCUT2D eigenvalue weighted by atomic mass is 16.3. The molecule has 1 aromatic rings. The Hall–Kier alpha value is -0.930. The summed E-state index contributed by atoms with van der Waals surface area (Å²) >= 11 is 0. The number of fused-ring (bicyclic) bond motifs is 1. The first-order valence-corrected chi connectivity index (χ1v) is 4.09. The van der Waals surface area contributed by atoms with Gasteiger partial charge in [-0.3, -0.25) is 4.98 Å². The number of aryl methyl sites for hydroxylation is 1. The molecule has 0 radical (unpaired) electrons. The van der Waals surface area contributed by atoms with E-state index in [0.717, 1.165) is 18.4 Å². The maximum absolute atomic E-state index is 9.13. The highest BCUT2D eigenvalue weighted by Crippen LogP contribution is 2.33. The van der Waals surface area contributed by atoms with E-state index < -0.39 is 5.54 Å². The molecule has 0 aromatic carbocycles. The summed E-state index contributed by atoms with van der Waals surface area (Å²) in [6, 6.07) is 1.90. The lowest BCUT2D eigenvalue weighted by Gasteiger charge is -2.21. The number of aliphatic hydroxyl groups excluding tert-OH is 1. The molecule has 0 amide bonds. The molecule has 12 heavy (non-hydrogen) atoms. The molecule has 1 aromatic heterocycles. The van der Waals surface area contributed by atoms with E-state index in [1.54, 1.807) is 6.20 Å². The van der Waals surface area contributed by atoms with Crippen LogP contribution in [0.3, 0.4) is 0 Å². The van der Waals surface area contributed by atoms with E-state index in [-0.39, 0.29) is 6.61 Å². The van der Waals surface area contributed by atoms with Crippen LogP contribution in [0, 0.1) is 0 Å². The molecular weight excluding hydrogens is 152 g/mol. The second-order valence-electron chi connectivity index (χ2n) is 3.35. The molecule has 0 fully saturated rings. The lowest BCUT2D eigenvalue weighted by Crippen LogP contribution is -2.37. The summed E-state index contributed by atoms with van der Waals surface area (Å²) in [7, 11) is 0. The summed E-state index contributed by atoms with van der Waals surface area (Å²) < 4.78 is 0. The number of aliphatic hydroxyl groups is 1. The molecule has 0 spiro atoms. The van der Waals surface area contributed by atoms with E-state index in [0.29, 0.717) is 0 Å². The minimum atomic E-state index is -0.516. The monoisotopic (exact) mass is 164 g/mol. The maximum Gasteiger partial charge on any atom is 0.0653 e. The average Bonchev–Trinajstić information content (AvgIpc) is 2.46. The van der Waals surface area contributed by atoms with Crippen molar-refractivity contribution in [3.05, 3.63) is 29.6 Å². The van der Waals surface area contributed by atoms with E-state index in [9.17, 15) is 0 Å². The highest BCUT2D eigenvalue weighted by Gasteiger charge is 2.33. The van der Waals surface area contributed by atoms with Gasteiger partial charge in [0, 0.05) is 12.4 Å². The molecule has 3 heteroatoms. The summed E-state index contributed by atoms with van der Waals surface area (Å²) in [5.41, 5.74) is 7.71. The molecule has 1 unspecified atom stereocenters. The fraction of sp³-hybridized carbons (Fsp3) is 0.444. The first-order chi connectivity index (χ1) is 5.76. The number of rotatable bonds is 1. The third-order valence-electron chi connectivity index (χ3n) is 2.56. The summed E-state index contributed by atoms with van der Waals surface area (Å²) in [5, 5.41) is 9.13. The third-order valence-corrected chi connectivity index (χ3v) is 2.56. The molecule has 1 atom stereocenters. The van der Waals surface area contributed by atoms with Crippen molar-refractivity contribution in [3.8, 4) is 0 Å². The van der Waals surface area contributed by atoms with E-state index >= 15 is 0 Å². The summed E-state index contributed by atoms with van der Waals surface area (Å²) in [6.45, 7) is 0.0179. The Bertz CT molecular complexity index is 300. The van der Waals surface area contributed by atoms with Gasteiger partial charge >= 0.3 is 0 Å². The van der Waals surface area contributed by atoms with Crippen molar-refractivity contribution in [3.63, 3.8) is 0 Å². The predicted octanol–water partition coefficient (Wildman–Crippen LogP) is 0.174. The van der Waals surface area contributed by atoms with Gasteiger partial charge in [0.2, 0.25) is 0 Å². The van der Waals surface area contributed by atoms with Crippen LogP contribution >= 0.6 is 0 Å². The van der Waals surface area contributed by atoms with Gasteiger partial charge in [-0.25, -0.2) is 0 Å². The largest absolute Gasteiger partial charge is 0.394 e. The molecule has 0 aliphatic heterocycles. The van der Waals surface area contributed by atoms with Gasteiger partial charge in [0.25, 0.3) is 0 Å². The minimum absolute atomic E-state index is 0.0179. The molecule has 1 aliphatic rings. The molecular formula is C9H12N2O. The van der Waals surface area contributed by atoms with Crippen molar-refractivity contribution in [1.82, 2.24) is 4.98 Å². The fourth-order valence-corrected chi connectivity index (χ4v) is 1.77. The van der Waals surface area contributed by atoms with E-state index in [1.807, 2.05) is 12.3 Å². The number of nitrogens with zero attached hydrogens (tertiary/aromatic N) is 1. The van der Waals surface area contributed by atoms with Crippen molar-refractivity contribution in [2.24, 2.45) is 5.73 Å².